The van der Waals surface area contributed by atoms with Gasteiger partial charge in [-0.2, -0.15) is 0 Å². The van der Waals surface area contributed by atoms with Gasteiger partial charge in [-0.25, -0.2) is 4.39 Å². The SMILES string of the molecule is COc1ccc2nccc(CCC[C@@H]3CCN(CCCCc4ccc(F)cc4)C[C@@H]3C(=O)O)c2c1. The number of benzene rings is 2. The van der Waals surface area contributed by atoms with Crippen LogP contribution in [0, 0.1) is 17.7 Å². The summed E-state index contributed by atoms with van der Waals surface area (Å²) in [5.74, 6) is -0.153. The van der Waals surface area contributed by atoms with Crippen molar-refractivity contribution in [3.63, 3.8) is 0 Å². The number of ether oxygens (including phenoxy) is 1. The van der Waals surface area contributed by atoms with E-state index in [1.54, 1.807) is 7.11 Å². The first-order valence-electron chi connectivity index (χ1n) is 12.6. The van der Waals surface area contributed by atoms with Crippen molar-refractivity contribution in [2.24, 2.45) is 11.8 Å². The number of pyridine rings is 1. The molecule has 3 aromatic rings. The van der Waals surface area contributed by atoms with Gasteiger partial charge in [0.05, 0.1) is 18.5 Å². The van der Waals surface area contributed by atoms with Crippen molar-refractivity contribution >= 4 is 16.9 Å². The molecule has 186 valence electrons. The molecule has 2 atom stereocenters. The van der Waals surface area contributed by atoms with E-state index in [4.69, 9.17) is 4.74 Å². The monoisotopic (exact) mass is 478 g/mol. The zero-order valence-electron chi connectivity index (χ0n) is 20.5. The highest BCUT2D eigenvalue weighted by atomic mass is 19.1. The van der Waals surface area contributed by atoms with Gasteiger partial charge in [-0.05, 0) is 111 Å². The van der Waals surface area contributed by atoms with E-state index in [-0.39, 0.29) is 17.7 Å². The molecule has 1 aliphatic heterocycles. The van der Waals surface area contributed by atoms with Gasteiger partial charge in [0.2, 0.25) is 0 Å². The van der Waals surface area contributed by atoms with Crippen molar-refractivity contribution < 1.29 is 19.0 Å². The van der Waals surface area contributed by atoms with Crippen LogP contribution < -0.4 is 4.74 Å². The Kier molecular flexibility index (Phi) is 8.69. The number of piperidine rings is 1. The summed E-state index contributed by atoms with van der Waals surface area (Å²) in [7, 11) is 1.67. The number of aryl methyl sites for hydroxylation is 2. The van der Waals surface area contributed by atoms with Crippen LogP contribution in [0.1, 0.15) is 43.2 Å². The molecule has 1 saturated heterocycles. The van der Waals surface area contributed by atoms with Gasteiger partial charge in [-0.1, -0.05) is 12.1 Å². The number of aliphatic carboxylic acids is 1. The van der Waals surface area contributed by atoms with E-state index in [2.05, 4.69) is 16.0 Å². The van der Waals surface area contributed by atoms with Crippen LogP contribution in [-0.2, 0) is 17.6 Å². The van der Waals surface area contributed by atoms with Crippen molar-refractivity contribution in [2.75, 3.05) is 26.7 Å². The predicted octanol–water partition coefficient (Wildman–Crippen LogP) is 5.75. The third-order valence-electron chi connectivity index (χ3n) is 7.32. The summed E-state index contributed by atoms with van der Waals surface area (Å²) in [5, 5.41) is 11.0. The zero-order chi connectivity index (χ0) is 24.6. The molecule has 4 rings (SSSR count). The van der Waals surface area contributed by atoms with Gasteiger partial charge in [0.1, 0.15) is 11.6 Å². The fourth-order valence-corrected chi connectivity index (χ4v) is 5.29. The highest BCUT2D eigenvalue weighted by molar-refractivity contribution is 5.83. The third-order valence-corrected chi connectivity index (χ3v) is 7.32. The number of methoxy groups -OCH3 is 1. The number of hydrogen-bond donors (Lipinski definition) is 1. The van der Waals surface area contributed by atoms with E-state index in [1.165, 1.54) is 17.7 Å². The van der Waals surface area contributed by atoms with Crippen molar-refractivity contribution in [2.45, 2.75) is 44.9 Å². The number of carboxylic acid groups (broad SMARTS) is 1. The summed E-state index contributed by atoms with van der Waals surface area (Å²) in [6.45, 7) is 2.51. The number of carboxylic acids is 1. The first kappa shape index (κ1) is 25.1. The molecule has 2 heterocycles. The maximum Gasteiger partial charge on any atom is 0.308 e. The Balaban J connectivity index is 1.25. The Morgan fingerprint density at radius 3 is 2.71 bits per heavy atom. The van der Waals surface area contributed by atoms with Gasteiger partial charge in [0.15, 0.2) is 0 Å². The highest BCUT2D eigenvalue weighted by Crippen LogP contribution is 2.30. The third kappa shape index (κ3) is 6.79. The second-order valence-corrected chi connectivity index (χ2v) is 9.62. The molecule has 6 heteroatoms. The Morgan fingerprint density at radius 2 is 1.94 bits per heavy atom. The van der Waals surface area contributed by atoms with Gasteiger partial charge in [-0.15, -0.1) is 0 Å². The lowest BCUT2D eigenvalue weighted by Gasteiger charge is -2.36. The van der Waals surface area contributed by atoms with Gasteiger partial charge in [-0.3, -0.25) is 9.78 Å². The maximum absolute atomic E-state index is 13.0. The minimum Gasteiger partial charge on any atom is -0.497 e. The molecular weight excluding hydrogens is 443 g/mol. The molecule has 1 N–H and O–H groups in total. The molecule has 35 heavy (non-hydrogen) atoms. The second-order valence-electron chi connectivity index (χ2n) is 9.62. The fourth-order valence-electron chi connectivity index (χ4n) is 5.29. The lowest BCUT2D eigenvalue weighted by Crippen LogP contribution is -2.44. The Bertz CT molecular complexity index is 1120. The molecule has 0 saturated carbocycles. The van der Waals surface area contributed by atoms with Crippen LogP contribution in [0.4, 0.5) is 4.39 Å². The lowest BCUT2D eigenvalue weighted by molar-refractivity contribution is -0.146. The van der Waals surface area contributed by atoms with E-state index in [1.807, 2.05) is 36.5 Å². The number of rotatable bonds is 11. The molecular formula is C29H35FN2O3. The van der Waals surface area contributed by atoms with E-state index in [9.17, 15) is 14.3 Å². The topological polar surface area (TPSA) is 62.7 Å². The number of halogens is 1. The van der Waals surface area contributed by atoms with Crippen LogP contribution in [-0.4, -0.2) is 47.7 Å². The fraction of sp³-hybridized carbons (Fsp3) is 0.448. The van der Waals surface area contributed by atoms with Crippen LogP contribution in [0.25, 0.3) is 10.9 Å². The van der Waals surface area contributed by atoms with Gasteiger partial charge < -0.3 is 14.7 Å². The lowest BCUT2D eigenvalue weighted by atomic mass is 9.81. The first-order chi connectivity index (χ1) is 17.0. The summed E-state index contributed by atoms with van der Waals surface area (Å²) in [6.07, 6.45) is 8.53. The van der Waals surface area contributed by atoms with E-state index in [0.29, 0.717) is 6.54 Å². The number of aromatic nitrogens is 1. The highest BCUT2D eigenvalue weighted by Gasteiger charge is 2.33. The Hall–Kier alpha value is -2.99. The Morgan fingerprint density at radius 1 is 1.11 bits per heavy atom. The van der Waals surface area contributed by atoms with Crippen molar-refractivity contribution in [1.82, 2.24) is 9.88 Å². The second kappa shape index (κ2) is 12.1. The van der Waals surface area contributed by atoms with Crippen LogP contribution >= 0.6 is 0 Å². The number of nitrogens with zero attached hydrogens (tertiary/aromatic N) is 2. The Labute approximate surface area is 206 Å². The molecule has 1 aliphatic rings. The summed E-state index contributed by atoms with van der Waals surface area (Å²) in [4.78, 5) is 18.8. The molecule has 5 nitrogen and oxygen atoms in total. The van der Waals surface area contributed by atoms with Crippen molar-refractivity contribution in [3.8, 4) is 5.75 Å². The summed E-state index contributed by atoms with van der Waals surface area (Å²) in [5.41, 5.74) is 3.34. The quantitative estimate of drug-likeness (QED) is 0.356. The molecule has 0 unspecified atom stereocenters. The summed E-state index contributed by atoms with van der Waals surface area (Å²) < 4.78 is 18.4. The maximum atomic E-state index is 13.0. The average Bonchev–Trinajstić information content (AvgIpc) is 2.88. The standard InChI is InChI=1S/C29H35FN2O3/c1-35-25-12-13-28-26(19-25)22(14-16-31-28)6-4-7-23-15-18-32(20-27(23)29(33)34)17-3-2-5-21-8-10-24(30)11-9-21/h8-14,16,19,23,27H,2-7,15,17-18,20H2,1H3,(H,33,34)/t23-,27+/m1/s1. The molecule has 0 spiro atoms. The van der Waals surface area contributed by atoms with Crippen LogP contribution in [0.3, 0.4) is 0 Å². The molecule has 0 amide bonds. The molecule has 1 fully saturated rings. The average molecular weight is 479 g/mol. The van der Waals surface area contributed by atoms with Crippen LogP contribution in [0.15, 0.2) is 54.7 Å². The molecule has 2 aromatic carbocycles. The van der Waals surface area contributed by atoms with Crippen molar-refractivity contribution in [3.05, 3.63) is 71.7 Å². The van der Waals surface area contributed by atoms with E-state index >= 15 is 0 Å². The summed E-state index contributed by atoms with van der Waals surface area (Å²) in [6, 6.07) is 14.7. The van der Waals surface area contributed by atoms with Gasteiger partial charge in [0.25, 0.3) is 0 Å². The summed E-state index contributed by atoms with van der Waals surface area (Å²) >= 11 is 0. The van der Waals surface area contributed by atoms with Gasteiger partial charge >= 0.3 is 5.97 Å². The number of likely N-dealkylation sites (tertiary alicyclic amines) is 1. The van der Waals surface area contributed by atoms with Crippen LogP contribution in [0.2, 0.25) is 0 Å². The largest absolute Gasteiger partial charge is 0.497 e. The molecule has 0 radical (unpaired) electrons. The minimum atomic E-state index is -0.676. The molecule has 0 bridgehead atoms. The van der Waals surface area contributed by atoms with Crippen molar-refractivity contribution in [1.29, 1.82) is 0 Å². The van der Waals surface area contributed by atoms with Gasteiger partial charge in [0, 0.05) is 18.1 Å². The number of unbranched alkanes of at least 4 members (excludes halogenated alkanes) is 1. The smallest absolute Gasteiger partial charge is 0.308 e. The molecule has 0 aliphatic carbocycles. The van der Waals surface area contributed by atoms with Crippen LogP contribution in [0.5, 0.6) is 5.75 Å². The van der Waals surface area contributed by atoms with E-state index in [0.717, 1.165) is 80.3 Å². The zero-order valence-corrected chi connectivity index (χ0v) is 20.5. The molecule has 1 aromatic heterocycles. The predicted molar refractivity (Wildman–Crippen MR) is 136 cm³/mol. The van der Waals surface area contributed by atoms with E-state index < -0.39 is 5.97 Å². The number of hydrogen-bond acceptors (Lipinski definition) is 4. The minimum absolute atomic E-state index is 0.203. The first-order valence-corrected chi connectivity index (χ1v) is 12.6. The number of fused-ring (bicyclic) bond motifs is 1. The normalized spacial score (nSPS) is 18.6. The number of carbonyl (C=O) groups is 1.